The molecular formula is C11H12FN2O+. The maximum absolute atomic E-state index is 13.2. The number of H-pyrrole nitrogens is 1. The smallest absolute Gasteiger partial charge is 0.326 e. The highest BCUT2D eigenvalue weighted by molar-refractivity contribution is 5.73. The number of nitrogens with zero attached hydrogens (tertiary/aromatic N) is 1. The van der Waals surface area contributed by atoms with E-state index in [0.29, 0.717) is 5.92 Å². The van der Waals surface area contributed by atoms with Gasteiger partial charge in [0, 0.05) is 5.92 Å². The zero-order valence-electron chi connectivity index (χ0n) is 8.46. The lowest BCUT2D eigenvalue weighted by Gasteiger charge is -1.96. The number of pyridine rings is 1. The van der Waals surface area contributed by atoms with Gasteiger partial charge >= 0.3 is 5.65 Å². The van der Waals surface area contributed by atoms with E-state index in [0.717, 1.165) is 11.0 Å². The first-order valence-corrected chi connectivity index (χ1v) is 5.06. The lowest BCUT2D eigenvalue weighted by atomic mass is 10.2. The van der Waals surface area contributed by atoms with E-state index in [4.69, 9.17) is 4.84 Å². The Kier molecular flexibility index (Phi) is 1.71. The molecule has 2 aromatic rings. The number of nitrogens with one attached hydrogen (secondary N) is 1. The Hall–Kier alpha value is -1.58. The molecule has 1 saturated carbocycles. The fourth-order valence-corrected chi connectivity index (χ4v) is 1.89. The van der Waals surface area contributed by atoms with Crippen LogP contribution >= 0.6 is 0 Å². The molecule has 15 heavy (non-hydrogen) atoms. The second kappa shape index (κ2) is 2.95. The summed E-state index contributed by atoms with van der Waals surface area (Å²) in [5.41, 5.74) is 2.00. The third-order valence-corrected chi connectivity index (χ3v) is 2.82. The summed E-state index contributed by atoms with van der Waals surface area (Å²) in [4.78, 5) is 8.34. The molecule has 1 N–H and O–H groups in total. The van der Waals surface area contributed by atoms with Crippen LogP contribution in [-0.2, 0) is 0 Å². The van der Waals surface area contributed by atoms with Gasteiger partial charge in [-0.15, -0.1) is 0 Å². The molecule has 78 valence electrons. The van der Waals surface area contributed by atoms with Crippen LogP contribution in [-0.4, -0.2) is 12.1 Å². The molecule has 0 saturated heterocycles. The van der Waals surface area contributed by atoms with Crippen LogP contribution in [0.15, 0.2) is 18.3 Å². The van der Waals surface area contributed by atoms with Crippen LogP contribution in [0.1, 0.15) is 24.5 Å². The molecule has 3 nitrogen and oxygen atoms in total. The predicted octanol–water partition coefficient (Wildman–Crippen LogP) is 1.53. The van der Waals surface area contributed by atoms with E-state index >= 15 is 0 Å². The highest BCUT2D eigenvalue weighted by Gasteiger charge is 2.29. The predicted molar refractivity (Wildman–Crippen MR) is 52.9 cm³/mol. The van der Waals surface area contributed by atoms with Crippen LogP contribution in [0.4, 0.5) is 4.39 Å². The van der Waals surface area contributed by atoms with E-state index in [2.05, 4.69) is 4.98 Å². The second-order valence-corrected chi connectivity index (χ2v) is 3.97. The number of halogens is 1. The summed E-state index contributed by atoms with van der Waals surface area (Å²) < 4.78 is 14.6. The van der Waals surface area contributed by atoms with Crippen LogP contribution in [0, 0.1) is 5.82 Å². The Morgan fingerprint density at radius 1 is 1.47 bits per heavy atom. The SMILES string of the molecule is CO[n+]1cc(F)cc2cc(C3CC3)[nH]c21. The number of fused-ring (bicyclic) bond motifs is 1. The highest BCUT2D eigenvalue weighted by Crippen LogP contribution is 2.40. The molecule has 0 radical (unpaired) electrons. The third kappa shape index (κ3) is 1.37. The van der Waals surface area contributed by atoms with Gasteiger partial charge < -0.3 is 4.84 Å². The molecule has 0 amide bonds. The normalized spacial score (nSPS) is 15.9. The summed E-state index contributed by atoms with van der Waals surface area (Å²) in [6.45, 7) is 0. The molecule has 0 unspecified atom stereocenters. The van der Waals surface area contributed by atoms with E-state index in [-0.39, 0.29) is 5.82 Å². The van der Waals surface area contributed by atoms with Crippen molar-refractivity contribution in [2.75, 3.05) is 7.11 Å². The number of rotatable bonds is 2. The summed E-state index contributed by atoms with van der Waals surface area (Å²) >= 11 is 0. The highest BCUT2D eigenvalue weighted by atomic mass is 19.1. The third-order valence-electron chi connectivity index (χ3n) is 2.82. The van der Waals surface area contributed by atoms with Crippen molar-refractivity contribution in [1.82, 2.24) is 4.98 Å². The van der Waals surface area contributed by atoms with Gasteiger partial charge in [0.1, 0.15) is 12.8 Å². The van der Waals surface area contributed by atoms with Gasteiger partial charge in [0.05, 0.1) is 5.39 Å². The monoisotopic (exact) mass is 207 g/mol. The van der Waals surface area contributed by atoms with Crippen LogP contribution in [0.3, 0.4) is 0 Å². The minimum atomic E-state index is -0.286. The minimum Gasteiger partial charge on any atom is -0.339 e. The van der Waals surface area contributed by atoms with Crippen molar-refractivity contribution in [1.29, 1.82) is 0 Å². The van der Waals surface area contributed by atoms with Crippen molar-refractivity contribution in [3.63, 3.8) is 0 Å². The first-order valence-electron chi connectivity index (χ1n) is 5.06. The van der Waals surface area contributed by atoms with E-state index in [1.54, 1.807) is 0 Å². The maximum atomic E-state index is 13.2. The summed E-state index contributed by atoms with van der Waals surface area (Å²) in [6.07, 6.45) is 3.78. The average Bonchev–Trinajstić information content (AvgIpc) is 2.98. The lowest BCUT2D eigenvalue weighted by molar-refractivity contribution is -0.867. The zero-order valence-corrected chi connectivity index (χ0v) is 8.46. The Balaban J connectivity index is 2.23. The fraction of sp³-hybridized carbons (Fsp3) is 0.364. The number of aromatic nitrogens is 2. The van der Waals surface area contributed by atoms with Crippen molar-refractivity contribution >= 4 is 11.0 Å². The molecule has 4 heteroatoms. The van der Waals surface area contributed by atoms with Gasteiger partial charge in [-0.2, -0.15) is 0 Å². The van der Waals surface area contributed by atoms with Crippen molar-refractivity contribution < 1.29 is 14.0 Å². The Morgan fingerprint density at radius 3 is 2.93 bits per heavy atom. The first kappa shape index (κ1) is 8.71. The molecule has 0 aliphatic heterocycles. The molecule has 0 bridgehead atoms. The first-order chi connectivity index (χ1) is 7.28. The number of aromatic amines is 1. The van der Waals surface area contributed by atoms with Crippen molar-refractivity contribution in [2.45, 2.75) is 18.8 Å². The largest absolute Gasteiger partial charge is 0.339 e. The van der Waals surface area contributed by atoms with Crippen LogP contribution in [0.5, 0.6) is 0 Å². The summed E-state index contributed by atoms with van der Waals surface area (Å²) in [5, 5.41) is 0.860. The number of hydrogen-bond donors (Lipinski definition) is 1. The van der Waals surface area contributed by atoms with Gasteiger partial charge in [0.15, 0.2) is 12.0 Å². The number of hydrogen-bond acceptors (Lipinski definition) is 1. The average molecular weight is 207 g/mol. The molecular weight excluding hydrogens is 195 g/mol. The van der Waals surface area contributed by atoms with E-state index < -0.39 is 0 Å². The maximum Gasteiger partial charge on any atom is 0.326 e. The summed E-state index contributed by atoms with van der Waals surface area (Å²) in [6, 6.07) is 3.53. The lowest BCUT2D eigenvalue weighted by Crippen LogP contribution is -2.41. The molecule has 1 fully saturated rings. The Bertz CT molecular complexity index is 517. The van der Waals surface area contributed by atoms with Crippen molar-refractivity contribution in [3.8, 4) is 0 Å². The van der Waals surface area contributed by atoms with Gasteiger partial charge in [0.2, 0.25) is 0 Å². The Morgan fingerprint density at radius 2 is 2.27 bits per heavy atom. The molecule has 0 spiro atoms. The zero-order chi connectivity index (χ0) is 10.4. The Labute approximate surface area is 86.4 Å². The molecule has 0 atom stereocenters. The standard InChI is InChI=1S/C11H11FN2O/c1-15-14-6-9(12)4-8-5-10(7-2-3-7)13-11(8)14/h4-7H,2-3H2,1H3/p+1. The quantitative estimate of drug-likeness (QED) is 0.743. The topological polar surface area (TPSA) is 28.9 Å². The molecule has 0 aromatic carbocycles. The van der Waals surface area contributed by atoms with Gasteiger partial charge in [-0.05, 0) is 29.7 Å². The van der Waals surface area contributed by atoms with Crippen molar-refractivity contribution in [3.05, 3.63) is 29.8 Å². The van der Waals surface area contributed by atoms with Crippen LogP contribution in [0.2, 0.25) is 0 Å². The summed E-state index contributed by atoms with van der Waals surface area (Å²) in [5.74, 6) is 0.344. The van der Waals surface area contributed by atoms with E-state index in [9.17, 15) is 4.39 Å². The van der Waals surface area contributed by atoms with Gasteiger partial charge in [-0.1, -0.05) is 0 Å². The van der Waals surface area contributed by atoms with Crippen LogP contribution < -0.4 is 9.57 Å². The molecule has 2 heterocycles. The van der Waals surface area contributed by atoms with Crippen molar-refractivity contribution in [2.24, 2.45) is 0 Å². The molecule has 1 aliphatic carbocycles. The van der Waals surface area contributed by atoms with E-state index in [1.807, 2.05) is 6.07 Å². The van der Waals surface area contributed by atoms with E-state index in [1.165, 1.54) is 42.6 Å². The molecule has 1 aliphatic rings. The minimum absolute atomic E-state index is 0.286. The van der Waals surface area contributed by atoms with Gasteiger partial charge in [-0.3, -0.25) is 0 Å². The summed E-state index contributed by atoms with van der Waals surface area (Å²) in [7, 11) is 1.52. The van der Waals surface area contributed by atoms with Crippen LogP contribution in [0.25, 0.3) is 11.0 Å². The molecule has 3 rings (SSSR count). The van der Waals surface area contributed by atoms with Gasteiger partial charge in [0.25, 0.3) is 0 Å². The molecule has 2 aromatic heterocycles. The fourth-order valence-electron chi connectivity index (χ4n) is 1.89. The second-order valence-electron chi connectivity index (χ2n) is 3.97. The van der Waals surface area contributed by atoms with Gasteiger partial charge in [-0.25, -0.2) is 9.37 Å².